The Balaban J connectivity index is 1.81. The second-order valence-electron chi connectivity index (χ2n) is 5.85. The summed E-state index contributed by atoms with van der Waals surface area (Å²) in [5.74, 6) is 0. The first-order valence-electron chi connectivity index (χ1n) is 7.71. The maximum Gasteiger partial charge on any atom is 0.411 e. The van der Waals surface area contributed by atoms with Crippen molar-refractivity contribution in [3.8, 4) is 0 Å². The van der Waals surface area contributed by atoms with Gasteiger partial charge in [0, 0.05) is 24.3 Å². The lowest BCUT2D eigenvalue weighted by molar-refractivity contribution is 0.187. The molecule has 1 saturated carbocycles. The lowest BCUT2D eigenvalue weighted by Crippen LogP contribution is -2.43. The van der Waals surface area contributed by atoms with Crippen molar-refractivity contribution in [2.75, 3.05) is 25.5 Å². The quantitative estimate of drug-likeness (QED) is 0.846. The maximum absolute atomic E-state index is 13.0. The topological polar surface area (TPSA) is 87.7 Å². The van der Waals surface area contributed by atoms with E-state index in [1.54, 1.807) is 16.4 Å². The van der Waals surface area contributed by atoms with E-state index >= 15 is 0 Å². The van der Waals surface area contributed by atoms with Crippen molar-refractivity contribution >= 4 is 21.8 Å². The highest BCUT2D eigenvalue weighted by Crippen LogP contribution is 2.35. The van der Waals surface area contributed by atoms with Gasteiger partial charge in [-0.05, 0) is 50.1 Å². The van der Waals surface area contributed by atoms with Crippen LogP contribution in [0.1, 0.15) is 19.3 Å². The molecule has 1 heterocycles. The van der Waals surface area contributed by atoms with E-state index in [1.807, 2.05) is 0 Å². The highest BCUT2D eigenvalue weighted by molar-refractivity contribution is 7.89. The van der Waals surface area contributed by atoms with E-state index in [-0.39, 0.29) is 17.0 Å². The fourth-order valence-electron chi connectivity index (χ4n) is 2.88. The van der Waals surface area contributed by atoms with Gasteiger partial charge in [0.15, 0.2) is 0 Å². The van der Waals surface area contributed by atoms with Crippen molar-refractivity contribution in [3.05, 3.63) is 24.3 Å². The van der Waals surface area contributed by atoms with Crippen LogP contribution in [0.3, 0.4) is 0 Å². The van der Waals surface area contributed by atoms with Crippen LogP contribution in [0.5, 0.6) is 0 Å². The van der Waals surface area contributed by atoms with Crippen molar-refractivity contribution in [1.82, 2.24) is 9.62 Å². The number of methoxy groups -OCH3 is 1. The van der Waals surface area contributed by atoms with Gasteiger partial charge in [-0.2, -0.15) is 4.31 Å². The molecule has 2 fully saturated rings. The Labute approximate surface area is 136 Å². The molecule has 7 nitrogen and oxygen atoms in total. The second-order valence-corrected chi connectivity index (χ2v) is 7.70. The fourth-order valence-corrected chi connectivity index (χ4v) is 4.78. The summed E-state index contributed by atoms with van der Waals surface area (Å²) < 4.78 is 32.1. The van der Waals surface area contributed by atoms with Crippen LogP contribution in [0.4, 0.5) is 10.5 Å². The summed E-state index contributed by atoms with van der Waals surface area (Å²) in [4.78, 5) is 11.4. The van der Waals surface area contributed by atoms with Crippen LogP contribution < -0.4 is 10.6 Å². The molecule has 1 saturated heterocycles. The van der Waals surface area contributed by atoms with E-state index in [2.05, 4.69) is 15.4 Å². The third-order valence-corrected chi connectivity index (χ3v) is 6.18. The number of rotatable bonds is 5. The van der Waals surface area contributed by atoms with Crippen LogP contribution in [0.25, 0.3) is 0 Å². The molecule has 0 radical (unpaired) electrons. The van der Waals surface area contributed by atoms with Gasteiger partial charge in [-0.1, -0.05) is 0 Å². The zero-order valence-corrected chi connectivity index (χ0v) is 13.8. The number of hydrogen-bond donors (Lipinski definition) is 2. The molecular formula is C15H21N3O4S. The van der Waals surface area contributed by atoms with Crippen molar-refractivity contribution in [2.45, 2.75) is 36.2 Å². The van der Waals surface area contributed by atoms with Gasteiger partial charge >= 0.3 is 6.09 Å². The fraction of sp³-hybridized carbons (Fsp3) is 0.533. The van der Waals surface area contributed by atoms with Gasteiger partial charge in [-0.15, -0.1) is 0 Å². The molecule has 2 aliphatic rings. The predicted molar refractivity (Wildman–Crippen MR) is 85.8 cm³/mol. The minimum absolute atomic E-state index is 0.0281. The number of ether oxygens (including phenoxy) is 1. The molecule has 0 aromatic heterocycles. The van der Waals surface area contributed by atoms with E-state index in [0.29, 0.717) is 12.2 Å². The second kappa shape index (κ2) is 6.46. The first kappa shape index (κ1) is 16.2. The van der Waals surface area contributed by atoms with Gasteiger partial charge in [-0.25, -0.2) is 13.2 Å². The molecule has 1 aromatic rings. The summed E-state index contributed by atoms with van der Waals surface area (Å²) in [5, 5.41) is 5.74. The SMILES string of the molecule is COC(=O)Nc1ccc(S(=O)(=O)N(C2CC2)C2CCNC2)cc1. The van der Waals surface area contributed by atoms with Crippen LogP contribution in [-0.2, 0) is 14.8 Å². The molecule has 1 amide bonds. The minimum atomic E-state index is -3.52. The molecule has 0 spiro atoms. The number of nitrogens with zero attached hydrogens (tertiary/aromatic N) is 1. The normalized spacial score (nSPS) is 21.4. The summed E-state index contributed by atoms with van der Waals surface area (Å²) in [6.07, 6.45) is 2.12. The van der Waals surface area contributed by atoms with Crippen molar-refractivity contribution in [3.63, 3.8) is 0 Å². The number of carbonyl (C=O) groups excluding carboxylic acids is 1. The number of carbonyl (C=O) groups is 1. The molecule has 1 unspecified atom stereocenters. The number of anilines is 1. The molecule has 126 valence electrons. The van der Waals surface area contributed by atoms with Crippen LogP contribution in [0.2, 0.25) is 0 Å². The molecule has 1 atom stereocenters. The Morgan fingerprint density at radius 3 is 2.43 bits per heavy atom. The van der Waals surface area contributed by atoms with E-state index in [0.717, 1.165) is 25.8 Å². The van der Waals surface area contributed by atoms with Crippen molar-refractivity contribution in [1.29, 1.82) is 0 Å². The van der Waals surface area contributed by atoms with E-state index in [9.17, 15) is 13.2 Å². The van der Waals surface area contributed by atoms with Crippen molar-refractivity contribution < 1.29 is 17.9 Å². The molecule has 0 bridgehead atoms. The summed E-state index contributed by atoms with van der Waals surface area (Å²) >= 11 is 0. The predicted octanol–water partition coefficient (Wildman–Crippen LogP) is 1.38. The van der Waals surface area contributed by atoms with E-state index in [4.69, 9.17) is 0 Å². The molecule has 1 aliphatic carbocycles. The molecule has 3 rings (SSSR count). The Morgan fingerprint density at radius 2 is 1.91 bits per heavy atom. The van der Waals surface area contributed by atoms with Gasteiger partial charge in [0.05, 0.1) is 12.0 Å². The Morgan fingerprint density at radius 1 is 1.22 bits per heavy atom. The smallest absolute Gasteiger partial charge is 0.411 e. The standard InChI is InChI=1S/C15H21N3O4S/c1-22-15(19)17-11-2-6-14(7-3-11)23(20,21)18(12-4-5-12)13-8-9-16-10-13/h2-3,6-7,12-13,16H,4-5,8-10H2,1H3,(H,17,19). The largest absolute Gasteiger partial charge is 0.453 e. The average Bonchev–Trinajstić information content (AvgIpc) is 3.21. The number of nitrogens with one attached hydrogen (secondary N) is 2. The van der Waals surface area contributed by atoms with Crippen LogP contribution in [-0.4, -0.2) is 51.1 Å². The highest BCUT2D eigenvalue weighted by Gasteiger charge is 2.43. The van der Waals surface area contributed by atoms with Gasteiger partial charge in [-0.3, -0.25) is 5.32 Å². The third kappa shape index (κ3) is 3.49. The molecule has 23 heavy (non-hydrogen) atoms. The van der Waals surface area contributed by atoms with Gasteiger partial charge in [0.1, 0.15) is 0 Å². The average molecular weight is 339 g/mol. The van der Waals surface area contributed by atoms with Gasteiger partial charge in [0.25, 0.3) is 0 Å². The molecule has 1 aromatic carbocycles. The zero-order chi connectivity index (χ0) is 16.4. The van der Waals surface area contributed by atoms with Crippen LogP contribution in [0.15, 0.2) is 29.2 Å². The van der Waals surface area contributed by atoms with E-state index in [1.165, 1.54) is 19.2 Å². The third-order valence-electron chi connectivity index (χ3n) is 4.16. The Hall–Kier alpha value is -1.64. The monoisotopic (exact) mass is 339 g/mol. The summed E-state index contributed by atoms with van der Waals surface area (Å²) in [6, 6.07) is 6.35. The number of amides is 1. The molecular weight excluding hydrogens is 318 g/mol. The summed E-state index contributed by atoms with van der Waals surface area (Å²) in [7, 11) is -2.25. The Bertz CT molecular complexity index is 664. The lowest BCUT2D eigenvalue weighted by atomic mass is 10.2. The Kier molecular flexibility index (Phi) is 4.56. The van der Waals surface area contributed by atoms with E-state index < -0.39 is 16.1 Å². The first-order chi connectivity index (χ1) is 11.0. The van der Waals surface area contributed by atoms with Crippen molar-refractivity contribution in [2.24, 2.45) is 0 Å². The lowest BCUT2D eigenvalue weighted by Gasteiger charge is -2.27. The van der Waals surface area contributed by atoms with Crippen LogP contribution >= 0.6 is 0 Å². The molecule has 8 heteroatoms. The minimum Gasteiger partial charge on any atom is -0.453 e. The molecule has 2 N–H and O–H groups in total. The number of hydrogen-bond acceptors (Lipinski definition) is 5. The summed E-state index contributed by atoms with van der Waals surface area (Å²) in [5.41, 5.74) is 0.497. The van der Waals surface area contributed by atoms with Gasteiger partial charge in [0.2, 0.25) is 10.0 Å². The highest BCUT2D eigenvalue weighted by atomic mass is 32.2. The van der Waals surface area contributed by atoms with Gasteiger partial charge < -0.3 is 10.1 Å². The van der Waals surface area contributed by atoms with Crippen LogP contribution in [0, 0.1) is 0 Å². The number of benzene rings is 1. The summed E-state index contributed by atoms with van der Waals surface area (Å²) in [6.45, 7) is 1.56. The number of sulfonamides is 1. The maximum atomic E-state index is 13.0. The zero-order valence-electron chi connectivity index (χ0n) is 13.0. The first-order valence-corrected chi connectivity index (χ1v) is 9.15. The molecule has 1 aliphatic heterocycles.